The van der Waals surface area contributed by atoms with Crippen LogP contribution in [0.5, 0.6) is 0 Å². The number of hydrogen-bond acceptors (Lipinski definition) is 3. The fourth-order valence-electron chi connectivity index (χ4n) is 1.78. The molecule has 1 atom stereocenters. The number of aromatic nitrogens is 2. The second-order valence-electron chi connectivity index (χ2n) is 4.24. The maximum absolute atomic E-state index is 11.6. The zero-order valence-electron chi connectivity index (χ0n) is 10.9. The highest BCUT2D eigenvalue weighted by atomic mass is 16.2. The van der Waals surface area contributed by atoms with Crippen LogP contribution in [-0.4, -0.2) is 21.7 Å². The molecule has 1 rings (SSSR count). The van der Waals surface area contributed by atoms with Gasteiger partial charge in [0.2, 0.25) is 5.91 Å². The molecule has 1 heterocycles. The van der Waals surface area contributed by atoms with Crippen LogP contribution in [0.3, 0.4) is 0 Å². The predicted molar refractivity (Wildman–Crippen MR) is 67.3 cm³/mol. The average molecular weight is 238 g/mol. The van der Waals surface area contributed by atoms with E-state index in [9.17, 15) is 4.79 Å². The van der Waals surface area contributed by atoms with Gasteiger partial charge in [-0.2, -0.15) is 5.10 Å². The highest BCUT2D eigenvalue weighted by Gasteiger charge is 2.13. The van der Waals surface area contributed by atoms with E-state index in [0.717, 1.165) is 30.5 Å². The topological polar surface area (TPSA) is 72.9 Å². The van der Waals surface area contributed by atoms with Crippen molar-refractivity contribution in [1.82, 2.24) is 15.1 Å². The fourth-order valence-corrected chi connectivity index (χ4v) is 1.78. The van der Waals surface area contributed by atoms with Crippen molar-refractivity contribution in [2.24, 2.45) is 12.8 Å². The van der Waals surface area contributed by atoms with Crippen molar-refractivity contribution >= 4 is 5.91 Å². The van der Waals surface area contributed by atoms with Gasteiger partial charge in [0.25, 0.3) is 0 Å². The molecule has 1 aromatic rings. The Morgan fingerprint density at radius 1 is 1.59 bits per heavy atom. The Morgan fingerprint density at radius 2 is 2.29 bits per heavy atom. The zero-order valence-corrected chi connectivity index (χ0v) is 10.9. The zero-order chi connectivity index (χ0) is 12.8. The van der Waals surface area contributed by atoms with Crippen LogP contribution >= 0.6 is 0 Å². The molecule has 0 aliphatic heterocycles. The summed E-state index contributed by atoms with van der Waals surface area (Å²) in [7, 11) is 1.88. The molecule has 0 aliphatic rings. The van der Waals surface area contributed by atoms with E-state index < -0.39 is 6.04 Å². The minimum atomic E-state index is -0.401. The Balaban J connectivity index is 2.52. The molecule has 0 fully saturated rings. The van der Waals surface area contributed by atoms with Gasteiger partial charge in [-0.3, -0.25) is 9.48 Å². The lowest BCUT2D eigenvalue weighted by Crippen LogP contribution is -2.40. The number of rotatable bonds is 6. The number of nitrogens with one attached hydrogen (secondary N) is 1. The molecule has 0 spiro atoms. The lowest BCUT2D eigenvalue weighted by Gasteiger charge is -2.10. The molecule has 96 valence electrons. The number of amides is 1. The second kappa shape index (κ2) is 6.39. The van der Waals surface area contributed by atoms with Gasteiger partial charge in [-0.1, -0.05) is 20.3 Å². The molecule has 0 radical (unpaired) electrons. The summed E-state index contributed by atoms with van der Waals surface area (Å²) in [6.07, 6.45) is 4.44. The summed E-state index contributed by atoms with van der Waals surface area (Å²) < 4.78 is 1.77. The molecule has 5 nitrogen and oxygen atoms in total. The number of nitrogens with zero attached hydrogens (tertiary/aromatic N) is 2. The lowest BCUT2D eigenvalue weighted by atomic mass is 10.1. The van der Waals surface area contributed by atoms with E-state index in [1.807, 2.05) is 20.2 Å². The molecular formula is C12H22N4O. The Morgan fingerprint density at radius 3 is 2.88 bits per heavy atom. The normalized spacial score (nSPS) is 12.5. The standard InChI is InChI=1S/C12H22N4O/c1-4-6-10(13)12(17)14-7-9-8-16(3)15-11(9)5-2/h8,10H,4-7,13H2,1-3H3,(H,14,17). The second-order valence-corrected chi connectivity index (χ2v) is 4.24. The first-order chi connectivity index (χ1) is 8.08. The molecule has 0 saturated carbocycles. The smallest absolute Gasteiger partial charge is 0.237 e. The van der Waals surface area contributed by atoms with Crippen LogP contribution in [0.2, 0.25) is 0 Å². The third kappa shape index (κ3) is 3.85. The van der Waals surface area contributed by atoms with Gasteiger partial charge in [-0.05, 0) is 12.8 Å². The van der Waals surface area contributed by atoms with Crippen LogP contribution in [0, 0.1) is 0 Å². The van der Waals surface area contributed by atoms with Crippen molar-refractivity contribution in [3.8, 4) is 0 Å². The first-order valence-electron chi connectivity index (χ1n) is 6.13. The van der Waals surface area contributed by atoms with Crippen LogP contribution in [0.1, 0.15) is 37.9 Å². The summed E-state index contributed by atoms with van der Waals surface area (Å²) in [5.74, 6) is -0.0854. The van der Waals surface area contributed by atoms with Gasteiger partial charge in [-0.15, -0.1) is 0 Å². The van der Waals surface area contributed by atoms with Gasteiger partial charge in [0.05, 0.1) is 11.7 Å². The van der Waals surface area contributed by atoms with Crippen LogP contribution < -0.4 is 11.1 Å². The van der Waals surface area contributed by atoms with Gasteiger partial charge in [0, 0.05) is 25.4 Å². The van der Waals surface area contributed by atoms with Crippen molar-refractivity contribution in [3.63, 3.8) is 0 Å². The summed E-state index contributed by atoms with van der Waals surface area (Å²) in [5.41, 5.74) is 7.82. The highest BCUT2D eigenvalue weighted by molar-refractivity contribution is 5.81. The van der Waals surface area contributed by atoms with Gasteiger partial charge >= 0.3 is 0 Å². The van der Waals surface area contributed by atoms with Gasteiger partial charge in [-0.25, -0.2) is 0 Å². The predicted octanol–water partition coefficient (Wildman–Crippen LogP) is 0.726. The Kier molecular flexibility index (Phi) is 5.15. The van der Waals surface area contributed by atoms with E-state index in [1.54, 1.807) is 4.68 Å². The lowest BCUT2D eigenvalue weighted by molar-refractivity contribution is -0.122. The average Bonchev–Trinajstić information content (AvgIpc) is 2.66. The highest BCUT2D eigenvalue weighted by Crippen LogP contribution is 2.06. The summed E-state index contributed by atoms with van der Waals surface area (Å²) in [5, 5.41) is 7.18. The van der Waals surface area contributed by atoms with Crippen molar-refractivity contribution < 1.29 is 4.79 Å². The minimum Gasteiger partial charge on any atom is -0.351 e. The van der Waals surface area contributed by atoms with E-state index in [2.05, 4.69) is 17.3 Å². The van der Waals surface area contributed by atoms with E-state index in [1.165, 1.54) is 0 Å². The monoisotopic (exact) mass is 238 g/mol. The Bertz CT molecular complexity index is 373. The van der Waals surface area contributed by atoms with E-state index in [0.29, 0.717) is 6.54 Å². The Hall–Kier alpha value is -1.36. The van der Waals surface area contributed by atoms with Crippen molar-refractivity contribution in [2.45, 2.75) is 45.7 Å². The van der Waals surface area contributed by atoms with Crippen LogP contribution in [-0.2, 0) is 24.8 Å². The third-order valence-corrected chi connectivity index (χ3v) is 2.72. The van der Waals surface area contributed by atoms with Gasteiger partial charge < -0.3 is 11.1 Å². The molecule has 3 N–H and O–H groups in total. The largest absolute Gasteiger partial charge is 0.351 e. The molecule has 1 amide bonds. The maximum atomic E-state index is 11.6. The molecule has 1 unspecified atom stereocenters. The SMILES string of the molecule is CCCC(N)C(=O)NCc1cn(C)nc1CC. The van der Waals surface area contributed by atoms with Crippen molar-refractivity contribution in [1.29, 1.82) is 0 Å². The van der Waals surface area contributed by atoms with Gasteiger partial charge in [0.1, 0.15) is 0 Å². The molecule has 5 heteroatoms. The first kappa shape index (κ1) is 13.7. The molecule has 17 heavy (non-hydrogen) atoms. The molecule has 1 aromatic heterocycles. The van der Waals surface area contributed by atoms with E-state index in [4.69, 9.17) is 5.73 Å². The summed E-state index contributed by atoms with van der Waals surface area (Å²) >= 11 is 0. The number of aryl methyl sites for hydroxylation is 2. The molecule has 0 bridgehead atoms. The van der Waals surface area contributed by atoms with Crippen LogP contribution in [0.15, 0.2) is 6.20 Å². The summed E-state index contributed by atoms with van der Waals surface area (Å²) in [6, 6.07) is -0.401. The number of carbonyl (C=O) groups excluding carboxylic acids is 1. The van der Waals surface area contributed by atoms with Crippen LogP contribution in [0.4, 0.5) is 0 Å². The maximum Gasteiger partial charge on any atom is 0.237 e. The molecule has 0 saturated heterocycles. The van der Waals surface area contributed by atoms with E-state index >= 15 is 0 Å². The van der Waals surface area contributed by atoms with E-state index in [-0.39, 0.29) is 5.91 Å². The minimum absolute atomic E-state index is 0.0854. The van der Waals surface area contributed by atoms with Crippen molar-refractivity contribution in [2.75, 3.05) is 0 Å². The third-order valence-electron chi connectivity index (χ3n) is 2.72. The first-order valence-corrected chi connectivity index (χ1v) is 6.13. The number of nitrogens with two attached hydrogens (primary N) is 1. The quantitative estimate of drug-likeness (QED) is 0.767. The fraction of sp³-hybridized carbons (Fsp3) is 0.667. The molecule has 0 aliphatic carbocycles. The summed E-state index contributed by atoms with van der Waals surface area (Å²) in [6.45, 7) is 4.58. The molecular weight excluding hydrogens is 216 g/mol. The number of carbonyl (C=O) groups is 1. The van der Waals surface area contributed by atoms with Crippen molar-refractivity contribution in [3.05, 3.63) is 17.5 Å². The van der Waals surface area contributed by atoms with Gasteiger partial charge in [0.15, 0.2) is 0 Å². The summed E-state index contributed by atoms with van der Waals surface area (Å²) in [4.78, 5) is 11.6. The van der Waals surface area contributed by atoms with Crippen LogP contribution in [0.25, 0.3) is 0 Å². The Labute approximate surface area is 102 Å². The number of hydrogen-bond donors (Lipinski definition) is 2. The molecule has 0 aromatic carbocycles.